The number of hydrogen-bond acceptors (Lipinski definition) is 2. The Morgan fingerprint density at radius 2 is 1.86 bits per heavy atom. The van der Waals surface area contributed by atoms with Crippen molar-refractivity contribution in [2.24, 2.45) is 0 Å². The molecule has 3 heteroatoms. The highest BCUT2D eigenvalue weighted by molar-refractivity contribution is 5.86. The molecule has 0 radical (unpaired) electrons. The number of benzene rings is 2. The Labute approximate surface area is 131 Å². The van der Waals surface area contributed by atoms with Gasteiger partial charge < -0.3 is 9.64 Å². The number of ether oxygens (including phenoxy) is 1. The summed E-state index contributed by atoms with van der Waals surface area (Å²) in [4.78, 5) is 14.0. The summed E-state index contributed by atoms with van der Waals surface area (Å²) in [6.07, 6.45) is 0.794. The monoisotopic (exact) mass is 297 g/mol. The van der Waals surface area contributed by atoms with Crippen LogP contribution in [0.25, 0.3) is 10.8 Å². The zero-order chi connectivity index (χ0) is 15.7. The predicted octanol–water partition coefficient (Wildman–Crippen LogP) is 4.56. The van der Waals surface area contributed by atoms with E-state index in [4.69, 9.17) is 4.74 Å². The molecule has 1 saturated heterocycles. The zero-order valence-electron chi connectivity index (χ0n) is 13.5. The lowest BCUT2D eigenvalue weighted by Gasteiger charge is -2.24. The lowest BCUT2D eigenvalue weighted by Crippen LogP contribution is -2.35. The lowest BCUT2D eigenvalue weighted by molar-refractivity contribution is 0.0292. The molecule has 0 aliphatic carbocycles. The van der Waals surface area contributed by atoms with Crippen LogP contribution in [-0.2, 0) is 4.74 Å². The molecule has 1 atom stereocenters. The van der Waals surface area contributed by atoms with Crippen LogP contribution in [0.3, 0.4) is 0 Å². The number of amides is 1. The minimum Gasteiger partial charge on any atom is -0.444 e. The first-order valence-electron chi connectivity index (χ1n) is 7.89. The third-order valence-corrected chi connectivity index (χ3v) is 4.10. The molecular formula is C19H23NO2. The van der Waals surface area contributed by atoms with E-state index in [2.05, 4.69) is 42.5 Å². The van der Waals surface area contributed by atoms with Crippen LogP contribution in [0.15, 0.2) is 42.5 Å². The summed E-state index contributed by atoms with van der Waals surface area (Å²) in [6.45, 7) is 7.22. The van der Waals surface area contributed by atoms with E-state index in [0.29, 0.717) is 5.92 Å². The molecule has 1 unspecified atom stereocenters. The highest BCUT2D eigenvalue weighted by atomic mass is 16.6. The van der Waals surface area contributed by atoms with Crippen molar-refractivity contribution < 1.29 is 9.53 Å². The first-order chi connectivity index (χ1) is 10.4. The van der Waals surface area contributed by atoms with E-state index in [-0.39, 0.29) is 6.09 Å². The summed E-state index contributed by atoms with van der Waals surface area (Å²) in [7, 11) is 0. The third kappa shape index (κ3) is 3.08. The molecule has 1 fully saturated rings. The second-order valence-electron chi connectivity index (χ2n) is 6.98. The molecule has 22 heavy (non-hydrogen) atoms. The van der Waals surface area contributed by atoms with E-state index >= 15 is 0 Å². The van der Waals surface area contributed by atoms with Crippen LogP contribution >= 0.6 is 0 Å². The Morgan fingerprint density at radius 1 is 1.14 bits per heavy atom. The molecule has 1 amide bonds. The topological polar surface area (TPSA) is 29.5 Å². The van der Waals surface area contributed by atoms with E-state index < -0.39 is 5.60 Å². The lowest BCUT2D eigenvalue weighted by atomic mass is 9.93. The SMILES string of the molecule is CC(C)(C)OC(=O)N1CCC(c2cccc3ccccc23)C1. The largest absolute Gasteiger partial charge is 0.444 e. The molecule has 1 aliphatic rings. The third-order valence-electron chi connectivity index (χ3n) is 4.10. The molecule has 0 N–H and O–H groups in total. The Morgan fingerprint density at radius 3 is 2.64 bits per heavy atom. The number of carbonyl (C=O) groups excluding carboxylic acids is 1. The maximum absolute atomic E-state index is 12.2. The normalized spacial score (nSPS) is 18.7. The molecule has 116 valence electrons. The summed E-state index contributed by atoms with van der Waals surface area (Å²) >= 11 is 0. The number of fused-ring (bicyclic) bond motifs is 1. The number of nitrogens with zero attached hydrogens (tertiary/aromatic N) is 1. The molecule has 2 aromatic rings. The van der Waals surface area contributed by atoms with Crippen molar-refractivity contribution in [1.29, 1.82) is 0 Å². The van der Waals surface area contributed by atoms with Gasteiger partial charge in [0.2, 0.25) is 0 Å². The molecule has 3 nitrogen and oxygen atoms in total. The second-order valence-corrected chi connectivity index (χ2v) is 6.98. The van der Waals surface area contributed by atoms with Gasteiger partial charge in [-0.25, -0.2) is 4.79 Å². The van der Waals surface area contributed by atoms with Gasteiger partial charge in [-0.2, -0.15) is 0 Å². The second kappa shape index (κ2) is 5.64. The average molecular weight is 297 g/mol. The summed E-state index contributed by atoms with van der Waals surface area (Å²) < 4.78 is 5.48. The van der Waals surface area contributed by atoms with E-state index in [1.807, 2.05) is 25.7 Å². The van der Waals surface area contributed by atoms with Crippen molar-refractivity contribution >= 4 is 16.9 Å². The molecule has 0 spiro atoms. The van der Waals surface area contributed by atoms with Crippen molar-refractivity contribution in [3.63, 3.8) is 0 Å². The van der Waals surface area contributed by atoms with Crippen molar-refractivity contribution in [3.05, 3.63) is 48.0 Å². The Bertz CT molecular complexity index is 682. The van der Waals surface area contributed by atoms with E-state index in [9.17, 15) is 4.79 Å². The Kier molecular flexibility index (Phi) is 3.81. The van der Waals surface area contributed by atoms with Gasteiger partial charge in [-0.1, -0.05) is 42.5 Å². The molecular weight excluding hydrogens is 274 g/mol. The number of hydrogen-bond donors (Lipinski definition) is 0. The van der Waals surface area contributed by atoms with Crippen LogP contribution in [0.1, 0.15) is 38.7 Å². The fourth-order valence-electron chi connectivity index (χ4n) is 3.11. The van der Waals surface area contributed by atoms with E-state index in [0.717, 1.165) is 19.5 Å². The molecule has 1 heterocycles. The first-order valence-corrected chi connectivity index (χ1v) is 7.89. The van der Waals surface area contributed by atoms with Crippen molar-refractivity contribution in [2.75, 3.05) is 13.1 Å². The summed E-state index contributed by atoms with van der Waals surface area (Å²) in [5.41, 5.74) is 0.901. The molecule has 0 aromatic heterocycles. The number of likely N-dealkylation sites (tertiary alicyclic amines) is 1. The van der Waals surface area contributed by atoms with Crippen LogP contribution in [0.4, 0.5) is 4.79 Å². The Balaban J connectivity index is 1.79. The quantitative estimate of drug-likeness (QED) is 0.772. The highest BCUT2D eigenvalue weighted by Crippen LogP contribution is 2.32. The van der Waals surface area contributed by atoms with Crippen LogP contribution < -0.4 is 0 Å². The van der Waals surface area contributed by atoms with Gasteiger partial charge in [0.25, 0.3) is 0 Å². The fourth-order valence-corrected chi connectivity index (χ4v) is 3.11. The molecule has 3 rings (SSSR count). The first kappa shape index (κ1) is 14.9. The fraction of sp³-hybridized carbons (Fsp3) is 0.421. The number of carbonyl (C=O) groups is 1. The van der Waals surface area contributed by atoms with Crippen molar-refractivity contribution in [1.82, 2.24) is 4.90 Å². The maximum Gasteiger partial charge on any atom is 0.410 e. The maximum atomic E-state index is 12.2. The van der Waals surface area contributed by atoms with E-state index in [1.165, 1.54) is 16.3 Å². The summed E-state index contributed by atoms with van der Waals surface area (Å²) in [5.74, 6) is 0.388. The summed E-state index contributed by atoms with van der Waals surface area (Å²) in [5, 5.41) is 2.55. The summed E-state index contributed by atoms with van der Waals surface area (Å²) in [6, 6.07) is 14.9. The minimum atomic E-state index is -0.436. The van der Waals surface area contributed by atoms with Gasteiger partial charge in [0, 0.05) is 19.0 Å². The average Bonchev–Trinajstić information content (AvgIpc) is 2.94. The smallest absolute Gasteiger partial charge is 0.410 e. The van der Waals surface area contributed by atoms with Gasteiger partial charge >= 0.3 is 6.09 Å². The molecule has 2 aromatic carbocycles. The van der Waals surface area contributed by atoms with Crippen LogP contribution in [0.2, 0.25) is 0 Å². The van der Waals surface area contributed by atoms with Crippen LogP contribution in [0.5, 0.6) is 0 Å². The van der Waals surface area contributed by atoms with Crippen molar-refractivity contribution in [2.45, 2.75) is 38.7 Å². The number of rotatable bonds is 1. The van der Waals surface area contributed by atoms with Gasteiger partial charge in [0.1, 0.15) is 5.60 Å². The molecule has 0 saturated carbocycles. The molecule has 0 bridgehead atoms. The van der Waals surface area contributed by atoms with Gasteiger partial charge in [-0.15, -0.1) is 0 Å². The van der Waals surface area contributed by atoms with Gasteiger partial charge in [-0.3, -0.25) is 0 Å². The van der Waals surface area contributed by atoms with Gasteiger partial charge in [0.15, 0.2) is 0 Å². The molecule has 1 aliphatic heterocycles. The predicted molar refractivity (Wildman–Crippen MR) is 89.1 cm³/mol. The van der Waals surface area contributed by atoms with Gasteiger partial charge in [0.05, 0.1) is 0 Å². The van der Waals surface area contributed by atoms with Crippen molar-refractivity contribution in [3.8, 4) is 0 Å². The Hall–Kier alpha value is -2.03. The highest BCUT2D eigenvalue weighted by Gasteiger charge is 2.31. The van der Waals surface area contributed by atoms with Crippen LogP contribution in [0, 0.1) is 0 Å². The van der Waals surface area contributed by atoms with Crippen LogP contribution in [-0.4, -0.2) is 29.7 Å². The van der Waals surface area contributed by atoms with Gasteiger partial charge in [-0.05, 0) is 43.5 Å². The minimum absolute atomic E-state index is 0.199. The van der Waals surface area contributed by atoms with E-state index in [1.54, 1.807) is 0 Å². The zero-order valence-corrected chi connectivity index (χ0v) is 13.5. The standard InChI is InChI=1S/C19H23NO2/c1-19(2,3)22-18(21)20-12-11-15(13-20)17-10-6-8-14-7-4-5-9-16(14)17/h4-10,15H,11-13H2,1-3H3.